The van der Waals surface area contributed by atoms with E-state index >= 15 is 0 Å². The van der Waals surface area contributed by atoms with Gasteiger partial charge in [-0.1, -0.05) is 18.2 Å². The lowest BCUT2D eigenvalue weighted by molar-refractivity contribution is -0.136. The smallest absolute Gasteiger partial charge is 0.225 e. The van der Waals surface area contributed by atoms with Crippen molar-refractivity contribution in [3.05, 3.63) is 55.0 Å². The Morgan fingerprint density at radius 3 is 2.27 bits per heavy atom. The Labute approximate surface area is 176 Å². The monoisotopic (exact) mass is 402 g/mol. The molecule has 0 bridgehead atoms. The lowest BCUT2D eigenvalue weighted by Gasteiger charge is -2.39. The maximum atomic E-state index is 13.1. The number of aromatic nitrogens is 3. The van der Waals surface area contributed by atoms with Crippen LogP contribution in [0.1, 0.15) is 12.8 Å². The molecule has 5 rings (SSSR count). The molecule has 2 aliphatic heterocycles. The van der Waals surface area contributed by atoms with E-state index in [0.717, 1.165) is 63.3 Å². The third-order valence-corrected chi connectivity index (χ3v) is 6.23. The van der Waals surface area contributed by atoms with Crippen LogP contribution >= 0.6 is 0 Å². The Balaban J connectivity index is 1.16. The number of amides is 1. The molecule has 7 nitrogen and oxygen atoms in total. The number of benzene rings is 1. The number of para-hydroxylation sites is 1. The number of carbonyl (C=O) groups excluding carboxylic acids is 1. The van der Waals surface area contributed by atoms with Gasteiger partial charge in [0.1, 0.15) is 5.52 Å². The zero-order valence-electron chi connectivity index (χ0n) is 17.0. The number of hydrogen-bond acceptors (Lipinski definition) is 6. The minimum absolute atomic E-state index is 0.123. The van der Waals surface area contributed by atoms with Crippen molar-refractivity contribution in [2.24, 2.45) is 5.92 Å². The number of fused-ring (bicyclic) bond motifs is 1. The summed E-state index contributed by atoms with van der Waals surface area (Å²) in [6.45, 7) is 5.15. The van der Waals surface area contributed by atoms with Gasteiger partial charge in [-0.15, -0.1) is 0 Å². The topological polar surface area (TPSA) is 65.5 Å². The molecular weight excluding hydrogens is 376 g/mol. The second-order valence-electron chi connectivity index (χ2n) is 8.00. The fraction of sp³-hybridized carbons (Fsp3) is 0.391. The molecule has 1 aromatic carbocycles. The van der Waals surface area contributed by atoms with Crippen LogP contribution in [0.4, 0.5) is 11.4 Å². The standard InChI is InChI=1S/C23H26N6O/c30-23(29-14-12-28(13-15-29)19-4-2-1-3-5-19)18-6-10-27(11-7-18)20-16-21-22(26-17-20)25-9-8-24-21/h1-5,8-9,16-18H,6-7,10-15H2. The van der Waals surface area contributed by atoms with Gasteiger partial charge in [-0.05, 0) is 31.0 Å². The molecule has 0 aliphatic carbocycles. The van der Waals surface area contributed by atoms with Gasteiger partial charge in [0.05, 0.1) is 11.9 Å². The minimum atomic E-state index is 0.123. The van der Waals surface area contributed by atoms with Crippen LogP contribution in [0.2, 0.25) is 0 Å². The maximum absolute atomic E-state index is 13.1. The molecule has 4 heterocycles. The van der Waals surface area contributed by atoms with Gasteiger partial charge in [0.2, 0.25) is 5.91 Å². The van der Waals surface area contributed by atoms with Crippen LogP contribution in [0, 0.1) is 5.92 Å². The number of carbonyl (C=O) groups is 1. The second kappa shape index (κ2) is 8.26. The predicted molar refractivity (Wildman–Crippen MR) is 118 cm³/mol. The van der Waals surface area contributed by atoms with Crippen LogP contribution in [-0.2, 0) is 4.79 Å². The van der Waals surface area contributed by atoms with Crippen molar-refractivity contribution in [2.75, 3.05) is 49.1 Å². The highest BCUT2D eigenvalue weighted by molar-refractivity contribution is 5.80. The Morgan fingerprint density at radius 2 is 1.50 bits per heavy atom. The van der Waals surface area contributed by atoms with Crippen molar-refractivity contribution < 1.29 is 4.79 Å². The molecule has 2 fully saturated rings. The molecule has 0 N–H and O–H groups in total. The van der Waals surface area contributed by atoms with Crippen LogP contribution in [-0.4, -0.2) is 65.0 Å². The largest absolute Gasteiger partial charge is 0.370 e. The summed E-state index contributed by atoms with van der Waals surface area (Å²) >= 11 is 0. The van der Waals surface area contributed by atoms with Gasteiger partial charge in [-0.25, -0.2) is 9.97 Å². The van der Waals surface area contributed by atoms with Gasteiger partial charge in [0, 0.05) is 63.3 Å². The Morgan fingerprint density at radius 1 is 0.800 bits per heavy atom. The minimum Gasteiger partial charge on any atom is -0.370 e. The Bertz CT molecular complexity index is 1010. The van der Waals surface area contributed by atoms with Gasteiger partial charge in [-0.2, -0.15) is 0 Å². The van der Waals surface area contributed by atoms with Crippen molar-refractivity contribution in [2.45, 2.75) is 12.8 Å². The van der Waals surface area contributed by atoms with E-state index in [0.29, 0.717) is 11.6 Å². The molecule has 0 spiro atoms. The summed E-state index contributed by atoms with van der Waals surface area (Å²) in [5.74, 6) is 0.447. The van der Waals surface area contributed by atoms with Crippen LogP contribution in [0.3, 0.4) is 0 Å². The third-order valence-electron chi connectivity index (χ3n) is 6.23. The number of rotatable bonds is 3. The highest BCUT2D eigenvalue weighted by atomic mass is 16.2. The van der Waals surface area contributed by atoms with Crippen LogP contribution in [0.25, 0.3) is 11.2 Å². The molecule has 0 radical (unpaired) electrons. The Hall–Kier alpha value is -3.22. The average molecular weight is 403 g/mol. The van der Waals surface area contributed by atoms with Gasteiger partial charge in [0.25, 0.3) is 0 Å². The predicted octanol–water partition coefficient (Wildman–Crippen LogP) is 2.59. The van der Waals surface area contributed by atoms with Crippen molar-refractivity contribution in [3.8, 4) is 0 Å². The highest BCUT2D eigenvalue weighted by Crippen LogP contribution is 2.26. The highest BCUT2D eigenvalue weighted by Gasteiger charge is 2.30. The molecule has 7 heteroatoms. The summed E-state index contributed by atoms with van der Waals surface area (Å²) in [5.41, 5.74) is 3.78. The van der Waals surface area contributed by atoms with Crippen molar-refractivity contribution in [3.63, 3.8) is 0 Å². The zero-order chi connectivity index (χ0) is 20.3. The fourth-order valence-corrected chi connectivity index (χ4v) is 4.49. The normalized spacial score (nSPS) is 18.1. The molecule has 2 saturated heterocycles. The zero-order valence-corrected chi connectivity index (χ0v) is 17.0. The number of anilines is 2. The second-order valence-corrected chi connectivity index (χ2v) is 8.00. The van der Waals surface area contributed by atoms with Gasteiger partial charge in [0.15, 0.2) is 5.65 Å². The van der Waals surface area contributed by atoms with Gasteiger partial charge < -0.3 is 14.7 Å². The first-order chi connectivity index (χ1) is 14.8. The maximum Gasteiger partial charge on any atom is 0.225 e. The van der Waals surface area contributed by atoms with Crippen LogP contribution < -0.4 is 9.80 Å². The number of piperazine rings is 1. The van der Waals surface area contributed by atoms with Crippen LogP contribution in [0.5, 0.6) is 0 Å². The van der Waals surface area contributed by atoms with Crippen molar-refractivity contribution in [1.29, 1.82) is 0 Å². The lowest BCUT2D eigenvalue weighted by atomic mass is 9.94. The Kier molecular flexibility index (Phi) is 5.17. The molecular formula is C23H26N6O. The van der Waals surface area contributed by atoms with E-state index in [1.165, 1.54) is 5.69 Å². The lowest BCUT2D eigenvalue weighted by Crippen LogP contribution is -2.51. The van der Waals surface area contributed by atoms with Crippen molar-refractivity contribution >= 4 is 28.4 Å². The fourth-order valence-electron chi connectivity index (χ4n) is 4.49. The quantitative estimate of drug-likeness (QED) is 0.671. The summed E-state index contributed by atoms with van der Waals surface area (Å²) in [7, 11) is 0. The molecule has 3 aromatic rings. The average Bonchev–Trinajstić information content (AvgIpc) is 2.84. The third kappa shape index (κ3) is 3.79. The first kappa shape index (κ1) is 18.8. The van der Waals surface area contributed by atoms with Gasteiger partial charge in [-0.3, -0.25) is 9.78 Å². The molecule has 2 aromatic heterocycles. The summed E-state index contributed by atoms with van der Waals surface area (Å²) in [6.07, 6.45) is 6.98. The van der Waals surface area contributed by atoms with Crippen molar-refractivity contribution in [1.82, 2.24) is 19.9 Å². The van der Waals surface area contributed by atoms with E-state index in [4.69, 9.17) is 0 Å². The number of pyridine rings is 1. The summed E-state index contributed by atoms with van der Waals surface area (Å²) in [4.78, 5) is 32.8. The first-order valence-corrected chi connectivity index (χ1v) is 10.7. The first-order valence-electron chi connectivity index (χ1n) is 10.7. The molecule has 30 heavy (non-hydrogen) atoms. The molecule has 0 saturated carbocycles. The molecule has 1 amide bonds. The van der Waals surface area contributed by atoms with E-state index in [1.54, 1.807) is 12.4 Å². The van der Waals surface area contributed by atoms with Crippen LogP contribution in [0.15, 0.2) is 55.0 Å². The molecule has 2 aliphatic rings. The number of piperidine rings is 1. The van der Waals surface area contributed by atoms with Gasteiger partial charge >= 0.3 is 0 Å². The van der Waals surface area contributed by atoms with E-state index < -0.39 is 0 Å². The molecule has 154 valence electrons. The number of nitrogens with zero attached hydrogens (tertiary/aromatic N) is 6. The summed E-state index contributed by atoms with van der Waals surface area (Å²) in [5, 5.41) is 0. The number of hydrogen-bond donors (Lipinski definition) is 0. The molecule has 0 unspecified atom stereocenters. The van der Waals surface area contributed by atoms with E-state index in [9.17, 15) is 4.79 Å². The summed E-state index contributed by atoms with van der Waals surface area (Å²) < 4.78 is 0. The van der Waals surface area contributed by atoms with E-state index in [-0.39, 0.29) is 5.92 Å². The SMILES string of the molecule is O=C(C1CCN(c2cnc3nccnc3c2)CC1)N1CCN(c2ccccc2)CC1. The van der Waals surface area contributed by atoms with E-state index in [2.05, 4.69) is 53.9 Å². The summed E-state index contributed by atoms with van der Waals surface area (Å²) in [6, 6.07) is 12.5. The molecule has 0 atom stereocenters. The van der Waals surface area contributed by atoms with E-state index in [1.807, 2.05) is 18.3 Å².